The van der Waals surface area contributed by atoms with E-state index in [0.29, 0.717) is 17.4 Å². The van der Waals surface area contributed by atoms with Crippen LogP contribution in [0.25, 0.3) is 0 Å². The Bertz CT molecular complexity index is 636. The van der Waals surface area contributed by atoms with Crippen LogP contribution >= 0.6 is 0 Å². The summed E-state index contributed by atoms with van der Waals surface area (Å²) in [6, 6.07) is 11.2. The predicted molar refractivity (Wildman–Crippen MR) is 81.8 cm³/mol. The van der Waals surface area contributed by atoms with Gasteiger partial charge < -0.3 is 15.4 Å². The van der Waals surface area contributed by atoms with Gasteiger partial charge in [-0.05, 0) is 49.2 Å². The summed E-state index contributed by atoms with van der Waals surface area (Å²) in [5.41, 5.74) is 1.28. The molecule has 5 nitrogen and oxygen atoms in total. The molecule has 0 unspecified atom stereocenters. The highest BCUT2D eigenvalue weighted by atomic mass is 16.5. The normalized spacial score (nSPS) is 13.6. The molecule has 2 aromatic rings. The number of carbonyl (C=O) groups is 1. The molecule has 1 aromatic carbocycles. The number of hydrogen-bond acceptors (Lipinski definition) is 4. The fraction of sp³-hybridized carbons (Fsp3) is 0.250. The molecule has 0 atom stereocenters. The largest absolute Gasteiger partial charge is 0.497 e. The summed E-state index contributed by atoms with van der Waals surface area (Å²) in [7, 11) is 1.61. The number of anilines is 2. The first-order valence-electron chi connectivity index (χ1n) is 6.93. The number of aromatic nitrogens is 1. The second-order valence-electron chi connectivity index (χ2n) is 5.00. The number of nitrogens with one attached hydrogen (secondary N) is 2. The molecule has 21 heavy (non-hydrogen) atoms. The van der Waals surface area contributed by atoms with Crippen molar-refractivity contribution in [3.63, 3.8) is 0 Å². The van der Waals surface area contributed by atoms with E-state index in [0.717, 1.165) is 24.3 Å². The number of pyridine rings is 1. The summed E-state index contributed by atoms with van der Waals surface area (Å²) in [4.78, 5) is 16.6. The minimum Gasteiger partial charge on any atom is -0.497 e. The third-order valence-electron chi connectivity index (χ3n) is 3.32. The molecular weight excluding hydrogens is 266 g/mol. The summed E-state index contributed by atoms with van der Waals surface area (Å²) in [6.45, 7) is 0. The first-order valence-corrected chi connectivity index (χ1v) is 6.93. The van der Waals surface area contributed by atoms with Crippen LogP contribution in [0.5, 0.6) is 5.75 Å². The highest BCUT2D eigenvalue weighted by Crippen LogP contribution is 2.26. The standard InChI is InChI=1S/C16H17N3O2/c1-21-13-8-6-12(7-9-13)19-16(20)14-3-2-10-17-15(14)18-11-4-5-11/h2-3,6-11H,4-5H2,1H3,(H,17,18)(H,19,20). The Morgan fingerprint density at radius 1 is 1.24 bits per heavy atom. The Morgan fingerprint density at radius 2 is 2.00 bits per heavy atom. The van der Waals surface area contributed by atoms with Crippen LogP contribution in [-0.2, 0) is 0 Å². The van der Waals surface area contributed by atoms with Gasteiger partial charge in [0.2, 0.25) is 0 Å². The molecule has 0 spiro atoms. The molecule has 5 heteroatoms. The maximum absolute atomic E-state index is 12.4. The maximum Gasteiger partial charge on any atom is 0.259 e. The van der Waals surface area contributed by atoms with Crippen molar-refractivity contribution in [2.75, 3.05) is 17.7 Å². The molecule has 108 valence electrons. The molecule has 1 fully saturated rings. The van der Waals surface area contributed by atoms with Crippen molar-refractivity contribution in [3.05, 3.63) is 48.2 Å². The average molecular weight is 283 g/mol. The van der Waals surface area contributed by atoms with Crippen molar-refractivity contribution >= 4 is 17.4 Å². The van der Waals surface area contributed by atoms with Gasteiger partial charge in [0.25, 0.3) is 5.91 Å². The SMILES string of the molecule is COc1ccc(NC(=O)c2cccnc2NC2CC2)cc1. The summed E-state index contributed by atoms with van der Waals surface area (Å²) >= 11 is 0. The van der Waals surface area contributed by atoms with Gasteiger partial charge in [-0.2, -0.15) is 0 Å². The first kappa shape index (κ1) is 13.4. The molecule has 1 amide bonds. The predicted octanol–water partition coefficient (Wildman–Crippen LogP) is 2.92. The molecular formula is C16H17N3O2. The van der Waals surface area contributed by atoms with Crippen LogP contribution in [0.15, 0.2) is 42.6 Å². The van der Waals surface area contributed by atoms with E-state index in [1.165, 1.54) is 0 Å². The van der Waals surface area contributed by atoms with E-state index < -0.39 is 0 Å². The molecule has 1 heterocycles. The highest BCUT2D eigenvalue weighted by Gasteiger charge is 2.23. The third-order valence-corrected chi connectivity index (χ3v) is 3.32. The number of ether oxygens (including phenoxy) is 1. The molecule has 1 saturated carbocycles. The number of nitrogens with zero attached hydrogens (tertiary/aromatic N) is 1. The van der Waals surface area contributed by atoms with E-state index in [1.54, 1.807) is 37.6 Å². The van der Waals surface area contributed by atoms with E-state index in [-0.39, 0.29) is 5.91 Å². The Hall–Kier alpha value is -2.56. The first-order chi connectivity index (χ1) is 10.3. The molecule has 0 radical (unpaired) electrons. The van der Waals surface area contributed by atoms with Gasteiger partial charge in [0.05, 0.1) is 12.7 Å². The van der Waals surface area contributed by atoms with Crippen LogP contribution in [-0.4, -0.2) is 24.0 Å². The lowest BCUT2D eigenvalue weighted by molar-refractivity contribution is 0.102. The minimum atomic E-state index is -0.170. The van der Waals surface area contributed by atoms with Crippen LogP contribution in [0.2, 0.25) is 0 Å². The summed E-state index contributed by atoms with van der Waals surface area (Å²) in [5.74, 6) is 1.23. The average Bonchev–Trinajstić information content (AvgIpc) is 3.32. The lowest BCUT2D eigenvalue weighted by Gasteiger charge is -2.10. The van der Waals surface area contributed by atoms with Crippen molar-refractivity contribution in [3.8, 4) is 5.75 Å². The van der Waals surface area contributed by atoms with Gasteiger partial charge in [0, 0.05) is 17.9 Å². The maximum atomic E-state index is 12.4. The molecule has 1 aromatic heterocycles. The zero-order valence-electron chi connectivity index (χ0n) is 11.8. The van der Waals surface area contributed by atoms with Crippen molar-refractivity contribution < 1.29 is 9.53 Å². The zero-order chi connectivity index (χ0) is 14.7. The quantitative estimate of drug-likeness (QED) is 0.885. The van der Waals surface area contributed by atoms with Crippen LogP contribution in [0.1, 0.15) is 23.2 Å². The lowest BCUT2D eigenvalue weighted by atomic mass is 10.2. The molecule has 1 aliphatic rings. The van der Waals surface area contributed by atoms with Crippen LogP contribution in [0.3, 0.4) is 0 Å². The zero-order valence-corrected chi connectivity index (χ0v) is 11.8. The van der Waals surface area contributed by atoms with Crippen LogP contribution in [0.4, 0.5) is 11.5 Å². The Morgan fingerprint density at radius 3 is 2.67 bits per heavy atom. The second kappa shape index (κ2) is 5.83. The van der Waals surface area contributed by atoms with E-state index in [4.69, 9.17) is 4.74 Å². The van der Waals surface area contributed by atoms with Gasteiger partial charge in [0.15, 0.2) is 0 Å². The molecule has 0 bridgehead atoms. The van der Waals surface area contributed by atoms with Gasteiger partial charge in [-0.1, -0.05) is 0 Å². The number of rotatable bonds is 5. The number of hydrogen-bond donors (Lipinski definition) is 2. The van der Waals surface area contributed by atoms with Gasteiger partial charge >= 0.3 is 0 Å². The fourth-order valence-corrected chi connectivity index (χ4v) is 2.00. The second-order valence-corrected chi connectivity index (χ2v) is 5.00. The Labute approximate surface area is 123 Å². The fourth-order valence-electron chi connectivity index (χ4n) is 2.00. The van der Waals surface area contributed by atoms with Gasteiger partial charge in [0.1, 0.15) is 11.6 Å². The van der Waals surface area contributed by atoms with Crippen molar-refractivity contribution in [1.29, 1.82) is 0 Å². The van der Waals surface area contributed by atoms with Crippen LogP contribution in [0, 0.1) is 0 Å². The van der Waals surface area contributed by atoms with Gasteiger partial charge in [-0.3, -0.25) is 4.79 Å². The van der Waals surface area contributed by atoms with E-state index in [2.05, 4.69) is 15.6 Å². The van der Waals surface area contributed by atoms with Gasteiger partial charge in [-0.25, -0.2) is 4.98 Å². The summed E-state index contributed by atoms with van der Waals surface area (Å²) in [5, 5.41) is 6.15. The van der Waals surface area contributed by atoms with Crippen molar-refractivity contribution in [2.45, 2.75) is 18.9 Å². The molecule has 3 rings (SSSR count). The number of carbonyl (C=O) groups excluding carboxylic acids is 1. The molecule has 2 N–H and O–H groups in total. The van der Waals surface area contributed by atoms with Crippen molar-refractivity contribution in [1.82, 2.24) is 4.98 Å². The monoisotopic (exact) mass is 283 g/mol. The van der Waals surface area contributed by atoms with Crippen molar-refractivity contribution in [2.24, 2.45) is 0 Å². The van der Waals surface area contributed by atoms with Gasteiger partial charge in [-0.15, -0.1) is 0 Å². The smallest absolute Gasteiger partial charge is 0.259 e. The Balaban J connectivity index is 1.74. The van der Waals surface area contributed by atoms with E-state index in [1.807, 2.05) is 12.1 Å². The number of benzene rings is 1. The minimum absolute atomic E-state index is 0.170. The summed E-state index contributed by atoms with van der Waals surface area (Å²) < 4.78 is 5.10. The number of amides is 1. The third kappa shape index (κ3) is 3.31. The topological polar surface area (TPSA) is 63.2 Å². The number of methoxy groups -OCH3 is 1. The highest BCUT2D eigenvalue weighted by molar-refractivity contribution is 6.07. The molecule has 1 aliphatic carbocycles. The lowest BCUT2D eigenvalue weighted by Crippen LogP contribution is -2.16. The van der Waals surface area contributed by atoms with E-state index >= 15 is 0 Å². The summed E-state index contributed by atoms with van der Waals surface area (Å²) in [6.07, 6.45) is 3.96. The molecule has 0 aliphatic heterocycles. The Kier molecular flexibility index (Phi) is 3.73. The molecule has 0 saturated heterocycles. The van der Waals surface area contributed by atoms with E-state index in [9.17, 15) is 4.79 Å². The van der Waals surface area contributed by atoms with Crippen LogP contribution < -0.4 is 15.4 Å².